The van der Waals surface area contributed by atoms with Crippen LogP contribution in [0.25, 0.3) is 0 Å². The number of carbonyl (C=O) groups excluding carboxylic acids is 1. The molecule has 0 aromatic heterocycles. The molecule has 26 heavy (non-hydrogen) atoms. The number of hydrogen-bond donors (Lipinski definition) is 1. The first-order valence-electron chi connectivity index (χ1n) is 8.08. The van der Waals surface area contributed by atoms with Crippen molar-refractivity contribution < 1.29 is 22.3 Å². The summed E-state index contributed by atoms with van der Waals surface area (Å²) in [5, 5.41) is 0. The molecule has 1 N–H and O–H groups in total. The van der Waals surface area contributed by atoms with Gasteiger partial charge in [-0.3, -0.25) is 9.52 Å². The zero-order valence-corrected chi connectivity index (χ0v) is 15.6. The minimum Gasteiger partial charge on any atom is -0.497 e. The molecule has 0 saturated carbocycles. The largest absolute Gasteiger partial charge is 0.497 e. The lowest BCUT2D eigenvalue weighted by molar-refractivity contribution is 0.0772. The van der Waals surface area contributed by atoms with Crippen molar-refractivity contribution in [2.75, 3.05) is 24.9 Å². The number of rotatable bonds is 7. The summed E-state index contributed by atoms with van der Waals surface area (Å²) in [5.41, 5.74) is 0.371. The predicted octanol–water partition coefficient (Wildman–Crippen LogP) is 3.12. The Morgan fingerprint density at radius 1 is 1.12 bits per heavy atom. The minimum absolute atomic E-state index is 0.116. The van der Waals surface area contributed by atoms with Crippen LogP contribution in [0, 0.1) is 5.82 Å². The molecule has 2 aromatic rings. The molecule has 0 aliphatic heterocycles. The van der Waals surface area contributed by atoms with Gasteiger partial charge in [-0.1, -0.05) is 0 Å². The van der Waals surface area contributed by atoms with Crippen molar-refractivity contribution >= 4 is 21.6 Å². The van der Waals surface area contributed by atoms with E-state index in [9.17, 15) is 17.6 Å². The van der Waals surface area contributed by atoms with Crippen molar-refractivity contribution in [3.8, 4) is 5.75 Å². The Hall–Kier alpha value is -2.61. The highest BCUT2D eigenvalue weighted by molar-refractivity contribution is 7.92. The Morgan fingerprint density at radius 3 is 2.27 bits per heavy atom. The van der Waals surface area contributed by atoms with Gasteiger partial charge in [0.25, 0.3) is 15.9 Å². The number of halogens is 1. The third kappa shape index (κ3) is 4.32. The molecule has 1 amide bonds. The number of ether oxygens (including phenoxy) is 1. The van der Waals surface area contributed by atoms with E-state index in [-0.39, 0.29) is 17.2 Å². The van der Waals surface area contributed by atoms with Crippen LogP contribution in [0.5, 0.6) is 5.75 Å². The lowest BCUT2D eigenvalue weighted by Gasteiger charge is -2.19. The maximum Gasteiger partial charge on any atom is 0.264 e. The van der Waals surface area contributed by atoms with Gasteiger partial charge in [-0.2, -0.15) is 0 Å². The van der Waals surface area contributed by atoms with Crippen molar-refractivity contribution in [3.05, 3.63) is 53.8 Å². The smallest absolute Gasteiger partial charge is 0.264 e. The Kier molecular flexibility index (Phi) is 6.20. The average Bonchev–Trinajstić information content (AvgIpc) is 2.63. The van der Waals surface area contributed by atoms with Crippen molar-refractivity contribution in [1.29, 1.82) is 0 Å². The van der Waals surface area contributed by atoms with Crippen LogP contribution in [0.3, 0.4) is 0 Å². The third-order valence-corrected chi connectivity index (χ3v) is 5.26. The van der Waals surface area contributed by atoms with Gasteiger partial charge < -0.3 is 9.64 Å². The van der Waals surface area contributed by atoms with E-state index >= 15 is 0 Å². The highest BCUT2D eigenvalue weighted by Crippen LogP contribution is 2.22. The number of nitrogens with one attached hydrogen (secondary N) is 1. The van der Waals surface area contributed by atoms with Gasteiger partial charge in [-0.25, -0.2) is 12.8 Å². The van der Waals surface area contributed by atoms with Gasteiger partial charge in [0, 0.05) is 24.3 Å². The lowest BCUT2D eigenvalue weighted by atomic mass is 10.2. The zero-order chi connectivity index (χ0) is 19.3. The van der Waals surface area contributed by atoms with Gasteiger partial charge in [-0.15, -0.1) is 0 Å². The quantitative estimate of drug-likeness (QED) is 0.801. The summed E-state index contributed by atoms with van der Waals surface area (Å²) in [6.07, 6.45) is 0. The van der Waals surface area contributed by atoms with Crippen LogP contribution in [0.4, 0.5) is 10.1 Å². The number of anilines is 1. The Labute approximate surface area is 152 Å². The second-order valence-electron chi connectivity index (χ2n) is 5.46. The Morgan fingerprint density at radius 2 is 1.73 bits per heavy atom. The first-order valence-corrected chi connectivity index (χ1v) is 9.56. The number of methoxy groups -OCH3 is 1. The van der Waals surface area contributed by atoms with Crippen molar-refractivity contribution in [2.45, 2.75) is 18.7 Å². The fourth-order valence-corrected chi connectivity index (χ4v) is 3.57. The van der Waals surface area contributed by atoms with Gasteiger partial charge >= 0.3 is 0 Å². The van der Waals surface area contributed by atoms with Crippen LogP contribution in [0.2, 0.25) is 0 Å². The molecule has 0 heterocycles. The first kappa shape index (κ1) is 19.7. The first-order chi connectivity index (χ1) is 12.3. The third-order valence-electron chi connectivity index (χ3n) is 3.86. The van der Waals surface area contributed by atoms with E-state index in [4.69, 9.17) is 4.74 Å². The number of amides is 1. The zero-order valence-electron chi connectivity index (χ0n) is 14.8. The van der Waals surface area contributed by atoms with Crippen LogP contribution in [0.1, 0.15) is 24.2 Å². The number of sulfonamides is 1. The molecule has 0 aliphatic carbocycles. The molecule has 0 aliphatic rings. The second-order valence-corrected chi connectivity index (χ2v) is 7.11. The summed E-state index contributed by atoms with van der Waals surface area (Å²) in [7, 11) is -2.70. The van der Waals surface area contributed by atoms with E-state index < -0.39 is 20.7 Å². The summed E-state index contributed by atoms with van der Waals surface area (Å²) < 4.78 is 46.6. The fraction of sp³-hybridized carbons (Fsp3) is 0.278. The molecule has 0 bridgehead atoms. The highest BCUT2D eigenvalue weighted by atomic mass is 32.2. The molecule has 140 valence electrons. The van der Waals surface area contributed by atoms with Crippen molar-refractivity contribution in [3.63, 3.8) is 0 Å². The van der Waals surface area contributed by atoms with Crippen molar-refractivity contribution in [1.82, 2.24) is 4.90 Å². The summed E-state index contributed by atoms with van der Waals surface area (Å²) in [6, 6.07) is 9.48. The summed E-state index contributed by atoms with van der Waals surface area (Å²) in [5.74, 6) is -0.719. The van der Waals surface area contributed by atoms with Gasteiger partial charge in [0.15, 0.2) is 0 Å². The van der Waals surface area contributed by atoms with Crippen LogP contribution < -0.4 is 9.46 Å². The van der Waals surface area contributed by atoms with Crippen LogP contribution >= 0.6 is 0 Å². The molecule has 0 saturated heterocycles. The molecule has 0 unspecified atom stereocenters. The van der Waals surface area contributed by atoms with E-state index in [2.05, 4.69) is 4.72 Å². The minimum atomic E-state index is -4.20. The van der Waals surface area contributed by atoms with Crippen LogP contribution in [-0.4, -0.2) is 39.4 Å². The molecular formula is C18H21FN2O4S. The molecule has 0 fully saturated rings. The normalized spacial score (nSPS) is 11.1. The predicted molar refractivity (Wildman–Crippen MR) is 97.5 cm³/mol. The van der Waals surface area contributed by atoms with Crippen LogP contribution in [0.15, 0.2) is 47.4 Å². The van der Waals surface area contributed by atoms with Crippen molar-refractivity contribution in [2.24, 2.45) is 0 Å². The van der Waals surface area contributed by atoms with E-state index in [1.54, 1.807) is 12.1 Å². The topological polar surface area (TPSA) is 75.7 Å². The number of hydrogen-bond acceptors (Lipinski definition) is 4. The molecule has 0 radical (unpaired) electrons. The SMILES string of the molecule is CCN(CC)C(=O)c1ccc(F)c(S(=O)(=O)Nc2ccc(OC)cc2)c1. The molecule has 2 aromatic carbocycles. The van der Waals surface area contributed by atoms with Gasteiger partial charge in [0.1, 0.15) is 16.5 Å². The highest BCUT2D eigenvalue weighted by Gasteiger charge is 2.22. The Balaban J connectivity index is 2.35. The van der Waals surface area contributed by atoms with Gasteiger partial charge in [-0.05, 0) is 56.3 Å². The fourth-order valence-electron chi connectivity index (χ4n) is 2.40. The average molecular weight is 380 g/mol. The van der Waals surface area contributed by atoms with E-state index in [0.29, 0.717) is 18.8 Å². The van der Waals surface area contributed by atoms with E-state index in [1.807, 2.05) is 13.8 Å². The summed E-state index contributed by atoms with van der Waals surface area (Å²) in [4.78, 5) is 13.4. The maximum atomic E-state index is 14.2. The number of benzene rings is 2. The molecule has 6 nitrogen and oxygen atoms in total. The molecule has 0 atom stereocenters. The summed E-state index contributed by atoms with van der Waals surface area (Å²) in [6.45, 7) is 4.57. The molecule has 8 heteroatoms. The van der Waals surface area contributed by atoms with E-state index in [0.717, 1.165) is 12.1 Å². The monoisotopic (exact) mass is 380 g/mol. The second kappa shape index (κ2) is 8.18. The number of carbonyl (C=O) groups is 1. The molecular weight excluding hydrogens is 359 g/mol. The lowest BCUT2D eigenvalue weighted by Crippen LogP contribution is -2.30. The summed E-state index contributed by atoms with van der Waals surface area (Å²) >= 11 is 0. The van der Waals surface area contributed by atoms with E-state index in [1.165, 1.54) is 30.2 Å². The number of nitrogens with zero attached hydrogens (tertiary/aromatic N) is 1. The van der Waals surface area contributed by atoms with Gasteiger partial charge in [0.05, 0.1) is 7.11 Å². The molecule has 0 spiro atoms. The maximum absolute atomic E-state index is 14.2. The standard InChI is InChI=1S/C18H21FN2O4S/c1-4-21(5-2)18(22)13-6-11-16(19)17(12-13)26(23,24)20-14-7-9-15(25-3)10-8-14/h6-12,20H,4-5H2,1-3H3. The van der Waals surface area contributed by atoms with Crippen LogP contribution in [-0.2, 0) is 10.0 Å². The Bertz CT molecular complexity index is 879. The molecule has 2 rings (SSSR count). The van der Waals surface area contributed by atoms with Gasteiger partial charge in [0.2, 0.25) is 0 Å².